The van der Waals surface area contributed by atoms with E-state index in [1.54, 1.807) is 0 Å². The van der Waals surface area contributed by atoms with E-state index < -0.39 is 0 Å². The third kappa shape index (κ3) is 10.2. The fraction of sp³-hybridized carbons (Fsp3) is 0.944. The molecule has 1 fully saturated rings. The molecule has 0 radical (unpaired) electrons. The van der Waals surface area contributed by atoms with Gasteiger partial charge in [-0.2, -0.15) is 0 Å². The predicted molar refractivity (Wildman–Crippen MR) is 89.6 cm³/mol. The molecule has 0 spiro atoms. The molecule has 138 valence electrons. The van der Waals surface area contributed by atoms with Gasteiger partial charge in [0.1, 0.15) is 19.7 Å². The van der Waals surface area contributed by atoms with E-state index in [2.05, 4.69) is 6.92 Å². The lowest BCUT2D eigenvalue weighted by Crippen LogP contribution is -3.00. The molecule has 23 heavy (non-hydrogen) atoms. The Balaban J connectivity index is 0.00000484. The number of carbonyl (C=O) groups is 1. The van der Waals surface area contributed by atoms with Crippen LogP contribution >= 0.6 is 0 Å². The van der Waals surface area contributed by atoms with E-state index in [0.29, 0.717) is 19.7 Å². The van der Waals surface area contributed by atoms with Crippen molar-refractivity contribution in [3.05, 3.63) is 0 Å². The van der Waals surface area contributed by atoms with Crippen LogP contribution in [0, 0.1) is 0 Å². The average Bonchev–Trinajstić information content (AvgIpc) is 2.49. The molecule has 0 aliphatic carbocycles. The molecule has 0 saturated carbocycles. The molecule has 1 aliphatic rings. The molecular formula is C18H36ClNO3. The summed E-state index contributed by atoms with van der Waals surface area (Å²) in [5.41, 5.74) is 0. The third-order valence-corrected chi connectivity index (χ3v) is 4.85. The van der Waals surface area contributed by atoms with Gasteiger partial charge in [-0.25, -0.2) is 4.79 Å². The molecule has 0 amide bonds. The van der Waals surface area contributed by atoms with E-state index in [-0.39, 0.29) is 25.0 Å². The third-order valence-electron chi connectivity index (χ3n) is 4.85. The lowest BCUT2D eigenvalue weighted by atomic mass is 10.1. The number of ether oxygens (including phenoxy) is 1. The summed E-state index contributed by atoms with van der Waals surface area (Å²) >= 11 is 0. The van der Waals surface area contributed by atoms with Crippen molar-refractivity contribution < 1.29 is 31.5 Å². The summed E-state index contributed by atoms with van der Waals surface area (Å²) in [6.07, 6.45) is 13.3. The molecule has 1 N–H and O–H groups in total. The van der Waals surface area contributed by atoms with Crippen LogP contribution in [0.15, 0.2) is 0 Å². The van der Waals surface area contributed by atoms with Gasteiger partial charge in [-0.05, 0) is 12.8 Å². The summed E-state index contributed by atoms with van der Waals surface area (Å²) in [5.74, 6) is -0.105. The molecule has 0 aromatic carbocycles. The molecule has 1 heterocycles. The van der Waals surface area contributed by atoms with Crippen molar-refractivity contribution in [1.82, 2.24) is 0 Å². The van der Waals surface area contributed by atoms with Crippen molar-refractivity contribution >= 4 is 5.97 Å². The normalized spacial score (nSPS) is 20.9. The monoisotopic (exact) mass is 349 g/mol. The van der Waals surface area contributed by atoms with Crippen molar-refractivity contribution in [2.75, 3.05) is 39.4 Å². The lowest BCUT2D eigenvalue weighted by Gasteiger charge is -2.39. The second-order valence-corrected chi connectivity index (χ2v) is 6.80. The Kier molecular flexibility index (Phi) is 13.9. The number of hydrogen-bond donors (Lipinski definition) is 1. The Bertz CT molecular complexity index is 298. The van der Waals surface area contributed by atoms with Crippen LogP contribution in [0.3, 0.4) is 0 Å². The van der Waals surface area contributed by atoms with Gasteiger partial charge in [-0.15, -0.1) is 0 Å². The summed E-state index contributed by atoms with van der Waals surface area (Å²) < 4.78 is 5.77. The minimum Gasteiger partial charge on any atom is -1.00 e. The summed E-state index contributed by atoms with van der Waals surface area (Å²) in [6.45, 7) is 5.93. The van der Waals surface area contributed by atoms with Gasteiger partial charge in [0, 0.05) is 0 Å². The first-order valence-electron chi connectivity index (χ1n) is 9.34. The minimum absolute atomic E-state index is 0. The standard InChI is InChI=1S/C18H36NO3.ClH/c1-2-3-4-5-6-7-8-9-10-11-12-19(13-15-20)14-16-22-18(21)17-19;/h20H,2-17H2,1H3;1H/q+1;/p-1. The van der Waals surface area contributed by atoms with E-state index in [9.17, 15) is 9.90 Å². The van der Waals surface area contributed by atoms with E-state index in [1.807, 2.05) is 0 Å². The number of halogens is 1. The molecule has 1 unspecified atom stereocenters. The van der Waals surface area contributed by atoms with Crippen LogP contribution < -0.4 is 12.4 Å². The topological polar surface area (TPSA) is 46.5 Å². The number of nitrogens with zero attached hydrogens (tertiary/aromatic N) is 1. The van der Waals surface area contributed by atoms with Crippen LogP contribution in [0.4, 0.5) is 0 Å². The maximum absolute atomic E-state index is 11.5. The molecular weight excluding hydrogens is 314 g/mol. The van der Waals surface area contributed by atoms with Gasteiger partial charge in [-0.3, -0.25) is 0 Å². The minimum atomic E-state index is -0.105. The quantitative estimate of drug-likeness (QED) is 0.295. The summed E-state index contributed by atoms with van der Waals surface area (Å²) in [4.78, 5) is 11.5. The van der Waals surface area contributed by atoms with Gasteiger partial charge < -0.3 is 26.7 Å². The number of cyclic esters (lactones) is 1. The fourth-order valence-electron chi connectivity index (χ4n) is 3.39. The lowest BCUT2D eigenvalue weighted by molar-refractivity contribution is -0.926. The summed E-state index contributed by atoms with van der Waals surface area (Å²) in [6, 6.07) is 0. The number of quaternary nitrogens is 1. The SMILES string of the molecule is CCCCCCCCCCCC[N+]1(CCO)CCOC(=O)C1.[Cl-]. The van der Waals surface area contributed by atoms with Crippen molar-refractivity contribution in [3.8, 4) is 0 Å². The summed E-state index contributed by atoms with van der Waals surface area (Å²) in [5, 5.41) is 9.26. The van der Waals surface area contributed by atoms with E-state index in [1.165, 1.54) is 57.8 Å². The maximum Gasteiger partial charge on any atom is 0.362 e. The molecule has 0 aromatic rings. The number of esters is 1. The Morgan fingerprint density at radius 1 is 0.957 bits per heavy atom. The van der Waals surface area contributed by atoms with Crippen molar-refractivity contribution in [1.29, 1.82) is 0 Å². The van der Waals surface area contributed by atoms with Gasteiger partial charge in [0.2, 0.25) is 0 Å². The maximum atomic E-state index is 11.5. The molecule has 0 bridgehead atoms. The Morgan fingerprint density at radius 2 is 1.52 bits per heavy atom. The van der Waals surface area contributed by atoms with Crippen LogP contribution in [0.5, 0.6) is 0 Å². The first kappa shape index (κ1) is 22.7. The van der Waals surface area contributed by atoms with E-state index in [4.69, 9.17) is 4.74 Å². The van der Waals surface area contributed by atoms with Gasteiger partial charge in [0.15, 0.2) is 6.54 Å². The van der Waals surface area contributed by atoms with Gasteiger partial charge >= 0.3 is 5.97 Å². The number of hydrogen-bond acceptors (Lipinski definition) is 3. The molecule has 5 heteroatoms. The predicted octanol–water partition coefficient (Wildman–Crippen LogP) is 0.277. The number of rotatable bonds is 13. The highest BCUT2D eigenvalue weighted by Crippen LogP contribution is 2.16. The van der Waals surface area contributed by atoms with Crippen LogP contribution in [0.1, 0.15) is 71.1 Å². The van der Waals surface area contributed by atoms with Crippen molar-refractivity contribution in [2.45, 2.75) is 71.1 Å². The largest absolute Gasteiger partial charge is 1.00 e. The number of carbonyl (C=O) groups excluding carboxylic acids is 1. The highest BCUT2D eigenvalue weighted by Gasteiger charge is 2.34. The van der Waals surface area contributed by atoms with Crippen LogP contribution in [-0.4, -0.2) is 55.0 Å². The van der Waals surface area contributed by atoms with Crippen LogP contribution in [0.25, 0.3) is 0 Å². The fourth-order valence-corrected chi connectivity index (χ4v) is 3.39. The van der Waals surface area contributed by atoms with Crippen molar-refractivity contribution in [3.63, 3.8) is 0 Å². The highest BCUT2D eigenvalue weighted by molar-refractivity contribution is 5.71. The zero-order valence-corrected chi connectivity index (χ0v) is 15.7. The van der Waals surface area contributed by atoms with Gasteiger partial charge in [0.25, 0.3) is 0 Å². The van der Waals surface area contributed by atoms with Gasteiger partial charge in [-0.1, -0.05) is 58.3 Å². The highest BCUT2D eigenvalue weighted by atomic mass is 35.5. The first-order chi connectivity index (χ1) is 10.7. The average molecular weight is 350 g/mol. The Morgan fingerprint density at radius 3 is 2.04 bits per heavy atom. The zero-order chi connectivity index (χ0) is 16.1. The second-order valence-electron chi connectivity index (χ2n) is 6.80. The van der Waals surface area contributed by atoms with E-state index in [0.717, 1.165) is 24.0 Å². The number of aliphatic hydroxyl groups is 1. The molecule has 1 atom stereocenters. The van der Waals surface area contributed by atoms with Crippen LogP contribution in [0.2, 0.25) is 0 Å². The Hall–Kier alpha value is -0.320. The first-order valence-corrected chi connectivity index (χ1v) is 9.34. The number of unbranched alkanes of at least 4 members (excludes halogenated alkanes) is 9. The molecule has 1 rings (SSSR count). The molecule has 1 aliphatic heterocycles. The molecule has 4 nitrogen and oxygen atoms in total. The van der Waals surface area contributed by atoms with Crippen LogP contribution in [-0.2, 0) is 9.53 Å². The van der Waals surface area contributed by atoms with Crippen molar-refractivity contribution in [2.24, 2.45) is 0 Å². The van der Waals surface area contributed by atoms with Gasteiger partial charge in [0.05, 0.1) is 13.2 Å². The summed E-state index contributed by atoms with van der Waals surface area (Å²) in [7, 11) is 0. The number of morpholine rings is 1. The van der Waals surface area contributed by atoms with E-state index >= 15 is 0 Å². The number of aliphatic hydroxyl groups excluding tert-OH is 1. The Labute approximate surface area is 148 Å². The molecule has 0 aromatic heterocycles. The zero-order valence-electron chi connectivity index (χ0n) is 14.9. The molecule has 1 saturated heterocycles. The smallest absolute Gasteiger partial charge is 0.362 e. The second kappa shape index (κ2) is 14.1.